The minimum absolute atomic E-state index is 0.163. The first-order valence-corrected chi connectivity index (χ1v) is 9.46. The van der Waals surface area contributed by atoms with Crippen LogP contribution in [0, 0.1) is 11.6 Å². The Morgan fingerprint density at radius 2 is 1.84 bits per heavy atom. The third kappa shape index (κ3) is 5.27. The van der Waals surface area contributed by atoms with Gasteiger partial charge in [-0.2, -0.15) is 0 Å². The molecule has 2 aromatic heterocycles. The monoisotopic (exact) mass is 420 g/mol. The fourth-order valence-corrected chi connectivity index (χ4v) is 2.93. The number of nitrogens with one attached hydrogen (secondary N) is 2. The number of hydrogen-bond donors (Lipinski definition) is 2. The molecule has 0 saturated carbocycles. The van der Waals surface area contributed by atoms with Crippen LogP contribution >= 0.6 is 0 Å². The average Bonchev–Trinajstić information content (AvgIpc) is 3.21. The average molecular weight is 420 g/mol. The van der Waals surface area contributed by atoms with Crippen LogP contribution in [0.3, 0.4) is 0 Å². The maximum absolute atomic E-state index is 13.4. The van der Waals surface area contributed by atoms with Crippen LogP contribution in [0.15, 0.2) is 73.1 Å². The molecule has 0 aliphatic rings. The second-order valence-electron chi connectivity index (χ2n) is 6.75. The molecule has 2 N–H and O–H groups in total. The van der Waals surface area contributed by atoms with E-state index in [1.54, 1.807) is 53.5 Å². The SMILES string of the molecule is O=C(NCc1cn(Cc2ccc(F)cc2)nn1)c1cccnc1Nc1cccc(F)c1. The van der Waals surface area contributed by atoms with Gasteiger partial charge in [-0.15, -0.1) is 5.10 Å². The number of hydrogen-bond acceptors (Lipinski definition) is 5. The summed E-state index contributed by atoms with van der Waals surface area (Å²) in [4.78, 5) is 16.9. The Labute approximate surface area is 176 Å². The molecule has 9 heteroatoms. The Morgan fingerprint density at radius 1 is 1.00 bits per heavy atom. The summed E-state index contributed by atoms with van der Waals surface area (Å²) in [7, 11) is 0. The molecule has 0 fully saturated rings. The highest BCUT2D eigenvalue weighted by molar-refractivity contribution is 5.99. The van der Waals surface area contributed by atoms with Crippen molar-refractivity contribution in [2.24, 2.45) is 0 Å². The Morgan fingerprint density at radius 3 is 2.65 bits per heavy atom. The second-order valence-corrected chi connectivity index (χ2v) is 6.75. The topological polar surface area (TPSA) is 84.7 Å². The van der Waals surface area contributed by atoms with Gasteiger partial charge in [0.1, 0.15) is 23.1 Å². The number of carbonyl (C=O) groups is 1. The van der Waals surface area contributed by atoms with Crippen LogP contribution in [0.5, 0.6) is 0 Å². The lowest BCUT2D eigenvalue weighted by Gasteiger charge is -2.10. The number of rotatable bonds is 7. The zero-order valence-electron chi connectivity index (χ0n) is 16.3. The van der Waals surface area contributed by atoms with E-state index < -0.39 is 5.82 Å². The zero-order chi connectivity index (χ0) is 21.6. The third-order valence-electron chi connectivity index (χ3n) is 4.41. The molecule has 1 amide bonds. The highest BCUT2D eigenvalue weighted by Gasteiger charge is 2.13. The van der Waals surface area contributed by atoms with Gasteiger partial charge in [0.15, 0.2) is 0 Å². The second kappa shape index (κ2) is 9.12. The molecule has 0 aliphatic heterocycles. The summed E-state index contributed by atoms with van der Waals surface area (Å²) in [6.07, 6.45) is 3.25. The largest absolute Gasteiger partial charge is 0.346 e. The van der Waals surface area contributed by atoms with Crippen LogP contribution in [0.2, 0.25) is 0 Å². The van der Waals surface area contributed by atoms with E-state index in [1.165, 1.54) is 24.3 Å². The number of halogens is 2. The van der Waals surface area contributed by atoms with E-state index in [1.807, 2.05) is 0 Å². The van der Waals surface area contributed by atoms with E-state index in [9.17, 15) is 13.6 Å². The van der Waals surface area contributed by atoms with Gasteiger partial charge in [-0.1, -0.05) is 23.4 Å². The fraction of sp³-hybridized carbons (Fsp3) is 0.0909. The van der Waals surface area contributed by atoms with Gasteiger partial charge in [0.2, 0.25) is 0 Å². The molecule has 31 heavy (non-hydrogen) atoms. The molecule has 0 saturated heterocycles. The van der Waals surface area contributed by atoms with Gasteiger partial charge in [0.05, 0.1) is 24.8 Å². The predicted molar refractivity (Wildman–Crippen MR) is 111 cm³/mol. The molecule has 0 radical (unpaired) electrons. The number of carbonyl (C=O) groups excluding carboxylic acids is 1. The molecule has 2 heterocycles. The lowest BCUT2D eigenvalue weighted by atomic mass is 10.2. The highest BCUT2D eigenvalue weighted by atomic mass is 19.1. The Balaban J connectivity index is 1.39. The number of pyridine rings is 1. The van der Waals surface area contributed by atoms with Gasteiger partial charge >= 0.3 is 0 Å². The minimum Gasteiger partial charge on any atom is -0.346 e. The smallest absolute Gasteiger partial charge is 0.255 e. The Hall–Kier alpha value is -4.14. The predicted octanol–water partition coefficient (Wildman–Crippen LogP) is 3.67. The molecule has 0 spiro atoms. The summed E-state index contributed by atoms with van der Waals surface area (Å²) in [5.74, 6) is -0.742. The highest BCUT2D eigenvalue weighted by Crippen LogP contribution is 2.19. The lowest BCUT2D eigenvalue weighted by molar-refractivity contribution is 0.0951. The van der Waals surface area contributed by atoms with E-state index in [0.717, 1.165) is 5.56 Å². The maximum Gasteiger partial charge on any atom is 0.255 e. The number of aromatic nitrogens is 4. The molecule has 4 aromatic rings. The van der Waals surface area contributed by atoms with Crippen molar-refractivity contribution < 1.29 is 13.6 Å². The molecule has 7 nitrogen and oxygen atoms in total. The zero-order valence-corrected chi connectivity index (χ0v) is 16.3. The van der Waals surface area contributed by atoms with Crippen molar-refractivity contribution in [3.63, 3.8) is 0 Å². The van der Waals surface area contributed by atoms with Crippen LogP contribution in [0.1, 0.15) is 21.6 Å². The van der Waals surface area contributed by atoms with Gasteiger partial charge < -0.3 is 10.6 Å². The van der Waals surface area contributed by atoms with Crippen molar-refractivity contribution in [2.45, 2.75) is 13.1 Å². The third-order valence-corrected chi connectivity index (χ3v) is 4.41. The maximum atomic E-state index is 13.4. The molecule has 2 aromatic carbocycles. The van der Waals surface area contributed by atoms with E-state index >= 15 is 0 Å². The van der Waals surface area contributed by atoms with Gasteiger partial charge in [0.25, 0.3) is 5.91 Å². The van der Waals surface area contributed by atoms with Crippen molar-refractivity contribution in [3.05, 3.63) is 102 Å². The van der Waals surface area contributed by atoms with Crippen LogP contribution < -0.4 is 10.6 Å². The first kappa shape index (κ1) is 20.1. The van der Waals surface area contributed by atoms with Gasteiger partial charge in [-0.25, -0.2) is 18.4 Å². The quantitative estimate of drug-likeness (QED) is 0.477. The number of amides is 1. The van der Waals surface area contributed by atoms with Crippen molar-refractivity contribution in [3.8, 4) is 0 Å². The van der Waals surface area contributed by atoms with E-state index in [2.05, 4.69) is 25.9 Å². The van der Waals surface area contributed by atoms with E-state index in [0.29, 0.717) is 29.3 Å². The molecule has 0 bridgehead atoms. The van der Waals surface area contributed by atoms with Crippen molar-refractivity contribution >= 4 is 17.4 Å². The molecule has 0 aliphatic carbocycles. The summed E-state index contributed by atoms with van der Waals surface area (Å²) in [6.45, 7) is 0.599. The molecular weight excluding hydrogens is 402 g/mol. The van der Waals surface area contributed by atoms with Crippen molar-refractivity contribution in [2.75, 3.05) is 5.32 Å². The van der Waals surface area contributed by atoms with Gasteiger partial charge in [0, 0.05) is 11.9 Å². The summed E-state index contributed by atoms with van der Waals surface area (Å²) in [5, 5.41) is 13.8. The minimum atomic E-state index is -0.393. The van der Waals surface area contributed by atoms with Gasteiger partial charge in [-0.3, -0.25) is 4.79 Å². The molecule has 0 unspecified atom stereocenters. The van der Waals surface area contributed by atoms with Crippen LogP contribution in [-0.2, 0) is 13.1 Å². The van der Waals surface area contributed by atoms with E-state index in [4.69, 9.17) is 0 Å². The lowest BCUT2D eigenvalue weighted by Crippen LogP contribution is -2.24. The van der Waals surface area contributed by atoms with Crippen LogP contribution in [-0.4, -0.2) is 25.9 Å². The van der Waals surface area contributed by atoms with Crippen molar-refractivity contribution in [1.29, 1.82) is 0 Å². The normalized spacial score (nSPS) is 10.6. The number of benzene rings is 2. The van der Waals surface area contributed by atoms with Gasteiger partial charge in [-0.05, 0) is 48.0 Å². The number of anilines is 2. The Bertz CT molecular complexity index is 1190. The summed E-state index contributed by atoms with van der Waals surface area (Å²) >= 11 is 0. The summed E-state index contributed by atoms with van der Waals surface area (Å²) < 4.78 is 28.0. The molecule has 0 atom stereocenters. The van der Waals surface area contributed by atoms with Crippen LogP contribution in [0.4, 0.5) is 20.3 Å². The van der Waals surface area contributed by atoms with E-state index in [-0.39, 0.29) is 18.3 Å². The van der Waals surface area contributed by atoms with Crippen molar-refractivity contribution in [1.82, 2.24) is 25.3 Å². The molecule has 156 valence electrons. The first-order chi connectivity index (χ1) is 15.1. The molecular formula is C22H18F2N6O. The first-order valence-electron chi connectivity index (χ1n) is 9.46. The standard InChI is InChI=1S/C22H18F2N6O/c23-16-8-6-15(7-9-16)13-30-14-19(28-29-30)12-26-22(31)20-5-2-10-25-21(20)27-18-4-1-3-17(24)11-18/h1-11,14H,12-13H2,(H,25,27)(H,26,31). The Kier molecular flexibility index (Phi) is 5.93. The molecule has 4 rings (SSSR count). The number of nitrogens with zero attached hydrogens (tertiary/aromatic N) is 4. The summed E-state index contributed by atoms with van der Waals surface area (Å²) in [5.41, 5.74) is 2.24. The fourth-order valence-electron chi connectivity index (χ4n) is 2.93. The van der Waals surface area contributed by atoms with Crippen LogP contribution in [0.25, 0.3) is 0 Å². The summed E-state index contributed by atoms with van der Waals surface area (Å²) in [6, 6.07) is 15.3.